The molecule has 0 bridgehead atoms. The van der Waals surface area contributed by atoms with Crippen LogP contribution in [0.2, 0.25) is 0 Å². The molecule has 1 unspecified atom stereocenters. The van der Waals surface area contributed by atoms with E-state index in [9.17, 15) is 4.79 Å². The third kappa shape index (κ3) is 3.79. The Kier molecular flexibility index (Phi) is 4.98. The second kappa shape index (κ2) is 7.34. The molecule has 0 saturated carbocycles. The number of nitrogens with zero attached hydrogens (tertiary/aromatic N) is 2. The van der Waals surface area contributed by atoms with Crippen molar-refractivity contribution < 1.29 is 4.79 Å². The first-order valence-corrected chi connectivity index (χ1v) is 8.61. The number of nitrogens with one attached hydrogen (secondary N) is 1. The highest BCUT2D eigenvalue weighted by Crippen LogP contribution is 2.24. The fourth-order valence-electron chi connectivity index (χ4n) is 2.66. The number of hydrogen-bond donors (Lipinski definition) is 1. The number of para-hydroxylation sites is 1. The van der Waals surface area contributed by atoms with Crippen LogP contribution in [0.1, 0.15) is 36.2 Å². The smallest absolute Gasteiger partial charge is 0.255 e. The number of hydrogen-bond acceptors (Lipinski definition) is 2. The highest BCUT2D eigenvalue weighted by atomic mass is 16.1. The van der Waals surface area contributed by atoms with Crippen molar-refractivity contribution in [2.45, 2.75) is 33.2 Å². The van der Waals surface area contributed by atoms with Crippen LogP contribution < -0.4 is 5.32 Å². The number of benzene rings is 2. The summed E-state index contributed by atoms with van der Waals surface area (Å²) in [6, 6.07) is 18.0. The summed E-state index contributed by atoms with van der Waals surface area (Å²) in [6.07, 6.45) is 2.70. The SMILES string of the molecule is CCC(C)NC(=O)c1cn(-c2ccccc2)nc1-c1cccc(C)c1. The number of amides is 1. The van der Waals surface area contributed by atoms with Crippen molar-refractivity contribution in [3.8, 4) is 16.9 Å². The molecule has 0 aliphatic carbocycles. The average molecular weight is 333 g/mol. The number of carbonyl (C=O) groups is 1. The van der Waals surface area contributed by atoms with Gasteiger partial charge in [-0.3, -0.25) is 4.79 Å². The number of aryl methyl sites for hydroxylation is 1. The van der Waals surface area contributed by atoms with Crippen LogP contribution >= 0.6 is 0 Å². The van der Waals surface area contributed by atoms with Crippen LogP contribution in [0.25, 0.3) is 16.9 Å². The minimum Gasteiger partial charge on any atom is -0.349 e. The van der Waals surface area contributed by atoms with E-state index in [0.717, 1.165) is 23.2 Å². The van der Waals surface area contributed by atoms with E-state index in [1.807, 2.05) is 68.6 Å². The summed E-state index contributed by atoms with van der Waals surface area (Å²) in [5.74, 6) is -0.0898. The molecule has 2 aromatic carbocycles. The molecule has 1 atom stereocenters. The molecule has 1 amide bonds. The maximum atomic E-state index is 12.8. The molecule has 1 N–H and O–H groups in total. The number of aromatic nitrogens is 2. The van der Waals surface area contributed by atoms with Gasteiger partial charge in [0, 0.05) is 17.8 Å². The molecule has 0 fully saturated rings. The normalized spacial score (nSPS) is 12.0. The molecule has 25 heavy (non-hydrogen) atoms. The third-order valence-electron chi connectivity index (χ3n) is 4.26. The third-order valence-corrected chi connectivity index (χ3v) is 4.26. The summed E-state index contributed by atoms with van der Waals surface area (Å²) in [6.45, 7) is 6.10. The summed E-state index contributed by atoms with van der Waals surface area (Å²) in [5, 5.41) is 7.74. The first-order valence-electron chi connectivity index (χ1n) is 8.61. The Morgan fingerprint density at radius 2 is 1.92 bits per heavy atom. The van der Waals surface area contributed by atoms with E-state index in [2.05, 4.69) is 18.3 Å². The van der Waals surface area contributed by atoms with Gasteiger partial charge >= 0.3 is 0 Å². The van der Waals surface area contributed by atoms with Crippen LogP contribution in [0, 0.1) is 6.92 Å². The molecular weight excluding hydrogens is 310 g/mol. The van der Waals surface area contributed by atoms with Gasteiger partial charge in [-0.15, -0.1) is 0 Å². The summed E-state index contributed by atoms with van der Waals surface area (Å²) < 4.78 is 1.77. The summed E-state index contributed by atoms with van der Waals surface area (Å²) >= 11 is 0. The molecule has 3 rings (SSSR count). The van der Waals surface area contributed by atoms with Crippen LogP contribution in [-0.2, 0) is 0 Å². The van der Waals surface area contributed by atoms with Crippen molar-refractivity contribution in [2.75, 3.05) is 0 Å². The van der Waals surface area contributed by atoms with E-state index < -0.39 is 0 Å². The van der Waals surface area contributed by atoms with Crippen molar-refractivity contribution in [1.29, 1.82) is 0 Å². The average Bonchev–Trinajstić information content (AvgIpc) is 3.08. The van der Waals surface area contributed by atoms with Gasteiger partial charge in [-0.25, -0.2) is 4.68 Å². The van der Waals surface area contributed by atoms with Gasteiger partial charge in [0.2, 0.25) is 0 Å². The summed E-state index contributed by atoms with van der Waals surface area (Å²) in [4.78, 5) is 12.8. The Morgan fingerprint density at radius 3 is 2.60 bits per heavy atom. The van der Waals surface area contributed by atoms with Gasteiger partial charge in [0.15, 0.2) is 0 Å². The minimum atomic E-state index is -0.0898. The van der Waals surface area contributed by atoms with E-state index in [1.54, 1.807) is 4.68 Å². The summed E-state index contributed by atoms with van der Waals surface area (Å²) in [7, 11) is 0. The Hall–Kier alpha value is -2.88. The maximum Gasteiger partial charge on any atom is 0.255 e. The Labute approximate surface area is 148 Å². The van der Waals surface area contributed by atoms with Crippen LogP contribution in [0.3, 0.4) is 0 Å². The lowest BCUT2D eigenvalue weighted by Crippen LogP contribution is -2.32. The van der Waals surface area contributed by atoms with Gasteiger partial charge in [-0.1, -0.05) is 48.9 Å². The van der Waals surface area contributed by atoms with Gasteiger partial charge < -0.3 is 5.32 Å². The molecule has 1 aromatic heterocycles. The molecule has 1 heterocycles. The second-order valence-corrected chi connectivity index (χ2v) is 6.32. The molecule has 0 spiro atoms. The Bertz CT molecular complexity index is 868. The molecule has 4 nitrogen and oxygen atoms in total. The number of rotatable bonds is 5. The molecular formula is C21H23N3O. The standard InChI is InChI=1S/C21H23N3O/c1-4-16(3)22-21(25)19-14-24(18-11-6-5-7-12-18)23-20(19)17-10-8-9-15(2)13-17/h5-14,16H,4H2,1-3H3,(H,22,25). The molecule has 0 saturated heterocycles. The lowest BCUT2D eigenvalue weighted by atomic mass is 10.1. The zero-order valence-corrected chi connectivity index (χ0v) is 14.9. The summed E-state index contributed by atoms with van der Waals surface area (Å²) in [5.41, 5.74) is 4.31. The molecule has 0 aliphatic rings. The predicted molar refractivity (Wildman–Crippen MR) is 101 cm³/mol. The maximum absolute atomic E-state index is 12.8. The molecule has 0 aliphatic heterocycles. The van der Waals surface area contributed by atoms with Gasteiger partial charge in [0.05, 0.1) is 11.3 Å². The van der Waals surface area contributed by atoms with E-state index in [1.165, 1.54) is 0 Å². The topological polar surface area (TPSA) is 46.9 Å². The zero-order chi connectivity index (χ0) is 17.8. The lowest BCUT2D eigenvalue weighted by Gasteiger charge is -2.11. The minimum absolute atomic E-state index is 0.0898. The quantitative estimate of drug-likeness (QED) is 0.753. The van der Waals surface area contributed by atoms with Crippen LogP contribution in [-0.4, -0.2) is 21.7 Å². The molecule has 3 aromatic rings. The first kappa shape index (κ1) is 17.0. The van der Waals surface area contributed by atoms with Crippen LogP contribution in [0.4, 0.5) is 0 Å². The fourth-order valence-corrected chi connectivity index (χ4v) is 2.66. The van der Waals surface area contributed by atoms with Crippen molar-refractivity contribution >= 4 is 5.91 Å². The first-order chi connectivity index (χ1) is 12.1. The van der Waals surface area contributed by atoms with E-state index in [0.29, 0.717) is 11.3 Å². The van der Waals surface area contributed by atoms with Crippen molar-refractivity contribution in [3.63, 3.8) is 0 Å². The van der Waals surface area contributed by atoms with E-state index in [4.69, 9.17) is 5.10 Å². The fraction of sp³-hybridized carbons (Fsp3) is 0.238. The van der Waals surface area contributed by atoms with Crippen LogP contribution in [0.5, 0.6) is 0 Å². The Balaban J connectivity index is 2.08. The van der Waals surface area contributed by atoms with Gasteiger partial charge in [0.1, 0.15) is 5.69 Å². The lowest BCUT2D eigenvalue weighted by molar-refractivity contribution is 0.0940. The highest BCUT2D eigenvalue weighted by molar-refractivity contribution is 6.00. The van der Waals surface area contributed by atoms with Gasteiger partial charge in [-0.05, 0) is 38.5 Å². The molecule has 128 valence electrons. The van der Waals surface area contributed by atoms with E-state index >= 15 is 0 Å². The van der Waals surface area contributed by atoms with Crippen molar-refractivity contribution in [3.05, 3.63) is 71.9 Å². The Morgan fingerprint density at radius 1 is 1.16 bits per heavy atom. The second-order valence-electron chi connectivity index (χ2n) is 6.32. The largest absolute Gasteiger partial charge is 0.349 e. The highest BCUT2D eigenvalue weighted by Gasteiger charge is 2.19. The van der Waals surface area contributed by atoms with E-state index in [-0.39, 0.29) is 11.9 Å². The zero-order valence-electron chi connectivity index (χ0n) is 14.9. The monoisotopic (exact) mass is 333 g/mol. The number of carbonyl (C=O) groups excluding carboxylic acids is 1. The molecule has 4 heteroatoms. The predicted octanol–water partition coefficient (Wildman–Crippen LogP) is 4.38. The van der Waals surface area contributed by atoms with Gasteiger partial charge in [0.25, 0.3) is 5.91 Å². The van der Waals surface area contributed by atoms with Gasteiger partial charge in [-0.2, -0.15) is 5.10 Å². The van der Waals surface area contributed by atoms with Crippen molar-refractivity contribution in [1.82, 2.24) is 15.1 Å². The van der Waals surface area contributed by atoms with Crippen molar-refractivity contribution in [2.24, 2.45) is 0 Å². The molecule has 0 radical (unpaired) electrons. The van der Waals surface area contributed by atoms with Crippen LogP contribution in [0.15, 0.2) is 60.8 Å².